The fourth-order valence-corrected chi connectivity index (χ4v) is 3.18. The van der Waals surface area contributed by atoms with E-state index in [1.54, 1.807) is 0 Å². The Bertz CT molecular complexity index is 482. The number of nitrogens with one attached hydrogen (secondary N) is 1. The summed E-state index contributed by atoms with van der Waals surface area (Å²) in [6, 6.07) is 10.6. The van der Waals surface area contributed by atoms with Crippen LogP contribution in [0.3, 0.4) is 0 Å². The average molecular weight is 346 g/mol. The number of hydrogen-bond donors (Lipinski definition) is 2. The van der Waals surface area contributed by atoms with E-state index >= 15 is 0 Å². The number of halogens is 2. The van der Waals surface area contributed by atoms with E-state index in [1.807, 2.05) is 30.3 Å². The molecule has 0 radical (unpaired) electrons. The van der Waals surface area contributed by atoms with Gasteiger partial charge in [0.2, 0.25) is 5.91 Å². The first kappa shape index (κ1) is 19.2. The van der Waals surface area contributed by atoms with E-state index in [9.17, 15) is 4.79 Å². The highest BCUT2D eigenvalue weighted by atomic mass is 35.5. The zero-order chi connectivity index (χ0) is 14.1. The van der Waals surface area contributed by atoms with Gasteiger partial charge in [-0.25, -0.2) is 0 Å². The van der Waals surface area contributed by atoms with Crippen molar-refractivity contribution in [1.29, 1.82) is 0 Å². The minimum atomic E-state index is -0.568. The van der Waals surface area contributed by atoms with Gasteiger partial charge in [-0.2, -0.15) is 0 Å². The summed E-state index contributed by atoms with van der Waals surface area (Å²) in [6.07, 6.45) is 3.66. The van der Waals surface area contributed by atoms with Gasteiger partial charge in [0.15, 0.2) is 0 Å². The standard InChI is InChI=1S/C16H23N3O.2ClH/c1-11-9-13(10-19(11)14-7-8-14)18-16(20)15(17)12-5-3-2-4-6-12;;/h2-6,11,13-15H,7-10,17H2,1H3,(H,18,20);2*1H. The first-order valence-electron chi connectivity index (χ1n) is 7.52. The number of carbonyl (C=O) groups is 1. The summed E-state index contributed by atoms with van der Waals surface area (Å²) in [5, 5.41) is 3.11. The van der Waals surface area contributed by atoms with Crippen LogP contribution in [0.5, 0.6) is 0 Å². The minimum Gasteiger partial charge on any atom is -0.350 e. The molecule has 0 spiro atoms. The Balaban J connectivity index is 0.00000121. The highest BCUT2D eigenvalue weighted by molar-refractivity contribution is 5.85. The van der Waals surface area contributed by atoms with Gasteiger partial charge in [-0.15, -0.1) is 24.8 Å². The van der Waals surface area contributed by atoms with Crippen LogP contribution in [0.25, 0.3) is 0 Å². The molecule has 1 heterocycles. The van der Waals surface area contributed by atoms with E-state index in [-0.39, 0.29) is 36.8 Å². The van der Waals surface area contributed by atoms with Crippen molar-refractivity contribution in [2.24, 2.45) is 5.73 Å². The Kier molecular flexibility index (Phi) is 7.13. The molecule has 3 atom stereocenters. The molecule has 1 amide bonds. The highest BCUT2D eigenvalue weighted by Gasteiger charge is 2.39. The Labute approximate surface area is 144 Å². The van der Waals surface area contributed by atoms with Crippen LogP contribution >= 0.6 is 24.8 Å². The van der Waals surface area contributed by atoms with E-state index in [2.05, 4.69) is 17.1 Å². The molecular weight excluding hydrogens is 321 g/mol. The highest BCUT2D eigenvalue weighted by Crippen LogP contribution is 2.33. The molecule has 2 fully saturated rings. The maximum atomic E-state index is 12.2. The molecule has 1 aliphatic heterocycles. The summed E-state index contributed by atoms with van der Waals surface area (Å²) in [7, 11) is 0. The summed E-state index contributed by atoms with van der Waals surface area (Å²) in [4.78, 5) is 14.8. The number of likely N-dealkylation sites (tertiary alicyclic amines) is 1. The van der Waals surface area contributed by atoms with Crippen molar-refractivity contribution in [2.75, 3.05) is 6.54 Å². The van der Waals surface area contributed by atoms with Crippen molar-refractivity contribution in [1.82, 2.24) is 10.2 Å². The lowest BCUT2D eigenvalue weighted by Crippen LogP contribution is -2.42. The number of nitrogens with two attached hydrogens (primary N) is 1. The van der Waals surface area contributed by atoms with Crippen LogP contribution in [0.2, 0.25) is 0 Å². The fourth-order valence-electron chi connectivity index (χ4n) is 3.18. The van der Waals surface area contributed by atoms with E-state index in [0.717, 1.165) is 24.6 Å². The minimum absolute atomic E-state index is 0. The third kappa shape index (κ3) is 4.35. The van der Waals surface area contributed by atoms with E-state index in [4.69, 9.17) is 5.73 Å². The molecule has 3 rings (SSSR count). The Hall–Kier alpha value is -0.810. The van der Waals surface area contributed by atoms with Crippen molar-refractivity contribution >= 4 is 30.7 Å². The van der Waals surface area contributed by atoms with Gasteiger partial charge in [0, 0.05) is 24.7 Å². The van der Waals surface area contributed by atoms with Crippen LogP contribution in [-0.4, -0.2) is 35.5 Å². The van der Waals surface area contributed by atoms with Gasteiger partial charge < -0.3 is 11.1 Å². The molecule has 22 heavy (non-hydrogen) atoms. The molecule has 124 valence electrons. The average Bonchev–Trinajstić information content (AvgIpc) is 3.23. The number of amides is 1. The molecular formula is C16H25Cl2N3O. The van der Waals surface area contributed by atoms with Gasteiger partial charge in [0.1, 0.15) is 6.04 Å². The number of carbonyl (C=O) groups excluding carboxylic acids is 1. The van der Waals surface area contributed by atoms with Crippen molar-refractivity contribution in [3.05, 3.63) is 35.9 Å². The molecule has 0 bridgehead atoms. The molecule has 2 aliphatic rings. The molecule has 6 heteroatoms. The second kappa shape index (κ2) is 8.16. The van der Waals surface area contributed by atoms with E-state index in [0.29, 0.717) is 6.04 Å². The van der Waals surface area contributed by atoms with Gasteiger partial charge in [-0.05, 0) is 31.7 Å². The molecule has 1 saturated carbocycles. The van der Waals surface area contributed by atoms with Gasteiger partial charge in [0.05, 0.1) is 0 Å². The molecule has 1 aliphatic carbocycles. The SMILES string of the molecule is CC1CC(NC(=O)C(N)c2ccccc2)CN1C1CC1.Cl.Cl. The normalized spacial score (nSPS) is 25.7. The number of hydrogen-bond acceptors (Lipinski definition) is 3. The fraction of sp³-hybridized carbons (Fsp3) is 0.562. The predicted octanol–water partition coefficient (Wildman–Crippen LogP) is 2.27. The second-order valence-electron chi connectivity index (χ2n) is 6.11. The molecule has 1 saturated heterocycles. The van der Waals surface area contributed by atoms with Gasteiger partial charge in [0.25, 0.3) is 0 Å². The van der Waals surface area contributed by atoms with Crippen molar-refractivity contribution in [3.63, 3.8) is 0 Å². The summed E-state index contributed by atoms with van der Waals surface area (Å²) in [5.74, 6) is -0.0638. The van der Waals surface area contributed by atoms with Crippen LogP contribution in [0.15, 0.2) is 30.3 Å². The number of rotatable bonds is 4. The number of benzene rings is 1. The lowest BCUT2D eigenvalue weighted by Gasteiger charge is -2.20. The summed E-state index contributed by atoms with van der Waals surface area (Å²) >= 11 is 0. The second-order valence-corrected chi connectivity index (χ2v) is 6.11. The summed E-state index contributed by atoms with van der Waals surface area (Å²) in [5.41, 5.74) is 6.90. The first-order chi connectivity index (χ1) is 9.65. The monoisotopic (exact) mass is 345 g/mol. The van der Waals surface area contributed by atoms with Crippen molar-refractivity contribution < 1.29 is 4.79 Å². The number of nitrogens with zero attached hydrogens (tertiary/aromatic N) is 1. The smallest absolute Gasteiger partial charge is 0.241 e. The molecule has 0 aromatic heterocycles. The first-order valence-corrected chi connectivity index (χ1v) is 7.52. The van der Waals surface area contributed by atoms with E-state index < -0.39 is 6.04 Å². The van der Waals surface area contributed by atoms with Crippen LogP contribution in [-0.2, 0) is 4.79 Å². The maximum absolute atomic E-state index is 12.2. The molecule has 1 aromatic carbocycles. The lowest BCUT2D eigenvalue weighted by atomic mass is 10.1. The quantitative estimate of drug-likeness (QED) is 0.879. The maximum Gasteiger partial charge on any atom is 0.241 e. The largest absolute Gasteiger partial charge is 0.350 e. The van der Waals surface area contributed by atoms with Gasteiger partial charge in [-0.3, -0.25) is 9.69 Å². The van der Waals surface area contributed by atoms with Crippen LogP contribution < -0.4 is 11.1 Å². The van der Waals surface area contributed by atoms with Crippen molar-refractivity contribution in [3.8, 4) is 0 Å². The molecule has 1 aromatic rings. The van der Waals surface area contributed by atoms with Crippen LogP contribution in [0.1, 0.15) is 37.8 Å². The predicted molar refractivity (Wildman–Crippen MR) is 93.6 cm³/mol. The Morgan fingerprint density at radius 3 is 2.50 bits per heavy atom. The molecule has 3 unspecified atom stereocenters. The third-order valence-electron chi connectivity index (χ3n) is 4.43. The summed E-state index contributed by atoms with van der Waals surface area (Å²) in [6.45, 7) is 3.22. The zero-order valence-corrected chi connectivity index (χ0v) is 14.4. The van der Waals surface area contributed by atoms with E-state index in [1.165, 1.54) is 12.8 Å². The van der Waals surface area contributed by atoms with Crippen LogP contribution in [0, 0.1) is 0 Å². The van der Waals surface area contributed by atoms with Crippen molar-refractivity contribution in [2.45, 2.75) is 50.4 Å². The molecule has 4 nitrogen and oxygen atoms in total. The lowest BCUT2D eigenvalue weighted by molar-refractivity contribution is -0.123. The summed E-state index contributed by atoms with van der Waals surface area (Å²) < 4.78 is 0. The Morgan fingerprint density at radius 2 is 1.91 bits per heavy atom. The topological polar surface area (TPSA) is 58.4 Å². The molecule has 3 N–H and O–H groups in total. The van der Waals surface area contributed by atoms with Crippen LogP contribution in [0.4, 0.5) is 0 Å². The zero-order valence-electron chi connectivity index (χ0n) is 12.8. The van der Waals surface area contributed by atoms with Gasteiger partial charge in [-0.1, -0.05) is 30.3 Å². The van der Waals surface area contributed by atoms with Gasteiger partial charge >= 0.3 is 0 Å². The Morgan fingerprint density at radius 1 is 1.27 bits per heavy atom. The third-order valence-corrected chi connectivity index (χ3v) is 4.43.